The van der Waals surface area contributed by atoms with Gasteiger partial charge in [-0.05, 0) is 32.2 Å². The molecular weight excluding hydrogens is 307 g/mol. The van der Waals surface area contributed by atoms with Gasteiger partial charge in [0.1, 0.15) is 16.4 Å². The van der Waals surface area contributed by atoms with Crippen LogP contribution in [0.4, 0.5) is 13.2 Å². The minimum absolute atomic E-state index is 0.00904. The van der Waals surface area contributed by atoms with Crippen LogP contribution in [0.2, 0.25) is 0 Å². The SMILES string of the molecule is CCCNC(CCCS(=O)(=O)CC)CCOCC(F)(F)F. The molecule has 1 atom stereocenters. The molecule has 1 N–H and O–H groups in total. The molecule has 1 unspecified atom stereocenters. The molecule has 0 rings (SSSR count). The lowest BCUT2D eigenvalue weighted by atomic mass is 10.1. The standard InChI is InChI=1S/C13H26F3NO3S/c1-3-8-17-12(6-5-10-21(18,19)4-2)7-9-20-11-13(14,15)16/h12,17H,3-11H2,1-2H3. The fraction of sp³-hybridized carbons (Fsp3) is 1.00. The van der Waals surface area contributed by atoms with E-state index in [4.69, 9.17) is 0 Å². The highest BCUT2D eigenvalue weighted by molar-refractivity contribution is 7.91. The van der Waals surface area contributed by atoms with Crippen LogP contribution in [0.1, 0.15) is 39.5 Å². The highest BCUT2D eigenvalue weighted by Crippen LogP contribution is 2.15. The topological polar surface area (TPSA) is 55.4 Å². The molecule has 0 spiro atoms. The van der Waals surface area contributed by atoms with Crippen LogP contribution in [-0.2, 0) is 14.6 Å². The first kappa shape index (κ1) is 20.7. The molecule has 0 amide bonds. The highest BCUT2D eigenvalue weighted by Gasteiger charge is 2.27. The van der Waals surface area contributed by atoms with Crippen LogP contribution < -0.4 is 5.32 Å². The molecule has 4 nitrogen and oxygen atoms in total. The molecule has 0 bridgehead atoms. The summed E-state index contributed by atoms with van der Waals surface area (Å²) < 4.78 is 63.2. The van der Waals surface area contributed by atoms with Crippen LogP contribution in [0.25, 0.3) is 0 Å². The van der Waals surface area contributed by atoms with E-state index < -0.39 is 22.6 Å². The molecule has 0 fully saturated rings. The molecule has 8 heteroatoms. The molecule has 0 aliphatic carbocycles. The number of rotatable bonds is 12. The largest absolute Gasteiger partial charge is 0.411 e. The van der Waals surface area contributed by atoms with E-state index in [1.165, 1.54) is 0 Å². The maximum Gasteiger partial charge on any atom is 0.411 e. The minimum Gasteiger partial charge on any atom is -0.372 e. The number of hydrogen-bond donors (Lipinski definition) is 1. The fourth-order valence-corrected chi connectivity index (χ4v) is 2.70. The Labute approximate surface area is 125 Å². The van der Waals surface area contributed by atoms with Crippen molar-refractivity contribution in [2.45, 2.75) is 51.7 Å². The van der Waals surface area contributed by atoms with E-state index in [1.807, 2.05) is 6.92 Å². The van der Waals surface area contributed by atoms with Crippen molar-refractivity contribution in [1.29, 1.82) is 0 Å². The van der Waals surface area contributed by atoms with E-state index in [9.17, 15) is 21.6 Å². The van der Waals surface area contributed by atoms with Gasteiger partial charge in [-0.2, -0.15) is 13.2 Å². The summed E-state index contributed by atoms with van der Waals surface area (Å²) in [5, 5.41) is 3.22. The monoisotopic (exact) mass is 333 g/mol. The Morgan fingerprint density at radius 3 is 2.38 bits per heavy atom. The summed E-state index contributed by atoms with van der Waals surface area (Å²) in [4.78, 5) is 0. The van der Waals surface area contributed by atoms with Gasteiger partial charge in [-0.25, -0.2) is 8.42 Å². The van der Waals surface area contributed by atoms with Gasteiger partial charge in [0, 0.05) is 18.4 Å². The third-order valence-electron chi connectivity index (χ3n) is 3.01. The molecule has 0 aromatic rings. The van der Waals surface area contributed by atoms with Crippen LogP contribution in [-0.4, -0.2) is 51.9 Å². The van der Waals surface area contributed by atoms with Crippen molar-refractivity contribution in [2.24, 2.45) is 0 Å². The molecule has 0 aliphatic heterocycles. The number of halogens is 3. The van der Waals surface area contributed by atoms with E-state index in [2.05, 4.69) is 10.1 Å². The van der Waals surface area contributed by atoms with Gasteiger partial charge in [0.05, 0.1) is 5.75 Å². The van der Waals surface area contributed by atoms with Gasteiger partial charge in [0.15, 0.2) is 0 Å². The van der Waals surface area contributed by atoms with Crippen LogP contribution in [0.15, 0.2) is 0 Å². The summed E-state index contributed by atoms with van der Waals surface area (Å²) >= 11 is 0. The quantitative estimate of drug-likeness (QED) is 0.558. The third-order valence-corrected chi connectivity index (χ3v) is 4.80. The Bertz CT molecular complexity index is 358. The average Bonchev–Trinajstić information content (AvgIpc) is 2.38. The first-order chi connectivity index (χ1) is 9.70. The lowest BCUT2D eigenvalue weighted by molar-refractivity contribution is -0.174. The van der Waals surface area contributed by atoms with Crippen molar-refractivity contribution in [2.75, 3.05) is 31.3 Å². The Balaban J connectivity index is 4.02. The molecule has 0 saturated heterocycles. The van der Waals surface area contributed by atoms with E-state index in [-0.39, 0.29) is 24.2 Å². The Morgan fingerprint density at radius 2 is 1.86 bits per heavy atom. The molecular formula is C13H26F3NO3S. The van der Waals surface area contributed by atoms with Crippen LogP contribution in [0.5, 0.6) is 0 Å². The third kappa shape index (κ3) is 13.1. The van der Waals surface area contributed by atoms with Crippen LogP contribution in [0.3, 0.4) is 0 Å². The fourth-order valence-electron chi connectivity index (χ4n) is 1.80. The zero-order valence-electron chi connectivity index (χ0n) is 12.7. The number of nitrogens with one attached hydrogen (secondary N) is 1. The first-order valence-corrected chi connectivity index (χ1v) is 9.10. The highest BCUT2D eigenvalue weighted by atomic mass is 32.2. The number of ether oxygens (including phenoxy) is 1. The minimum atomic E-state index is -4.30. The number of hydrogen-bond acceptors (Lipinski definition) is 4. The van der Waals surface area contributed by atoms with Crippen molar-refractivity contribution in [3.63, 3.8) is 0 Å². The summed E-state index contributed by atoms with van der Waals surface area (Å²) in [5.41, 5.74) is 0. The second-order valence-electron chi connectivity index (χ2n) is 4.99. The molecule has 21 heavy (non-hydrogen) atoms. The Hall–Kier alpha value is -0.340. The van der Waals surface area contributed by atoms with Gasteiger partial charge in [0.2, 0.25) is 0 Å². The van der Waals surface area contributed by atoms with Crippen molar-refractivity contribution < 1.29 is 26.3 Å². The van der Waals surface area contributed by atoms with E-state index in [0.717, 1.165) is 13.0 Å². The smallest absolute Gasteiger partial charge is 0.372 e. The molecule has 0 saturated carbocycles. The van der Waals surface area contributed by atoms with E-state index in [1.54, 1.807) is 6.92 Å². The predicted molar refractivity (Wildman–Crippen MR) is 77.1 cm³/mol. The van der Waals surface area contributed by atoms with Gasteiger partial charge >= 0.3 is 6.18 Å². The molecule has 0 aromatic heterocycles. The second kappa shape index (κ2) is 10.4. The van der Waals surface area contributed by atoms with Crippen molar-refractivity contribution in [1.82, 2.24) is 5.32 Å². The van der Waals surface area contributed by atoms with Crippen molar-refractivity contribution in [3.05, 3.63) is 0 Å². The second-order valence-corrected chi connectivity index (χ2v) is 7.46. The molecule has 0 aromatic carbocycles. The summed E-state index contributed by atoms with van der Waals surface area (Å²) in [6.45, 7) is 3.13. The zero-order valence-corrected chi connectivity index (χ0v) is 13.5. The maximum atomic E-state index is 11.9. The molecule has 0 radical (unpaired) electrons. The van der Waals surface area contributed by atoms with Crippen LogP contribution >= 0.6 is 0 Å². The maximum absolute atomic E-state index is 11.9. The summed E-state index contributed by atoms with van der Waals surface area (Å²) in [7, 11) is -2.99. The molecule has 0 aliphatic rings. The summed E-state index contributed by atoms with van der Waals surface area (Å²) in [5.74, 6) is 0.242. The normalized spacial score (nSPS) is 14.3. The van der Waals surface area contributed by atoms with Crippen molar-refractivity contribution >= 4 is 9.84 Å². The number of sulfone groups is 1. The van der Waals surface area contributed by atoms with Gasteiger partial charge in [-0.1, -0.05) is 13.8 Å². The lowest BCUT2D eigenvalue weighted by Gasteiger charge is -2.18. The Morgan fingerprint density at radius 1 is 1.19 bits per heavy atom. The van der Waals surface area contributed by atoms with Crippen LogP contribution in [0, 0.1) is 0 Å². The van der Waals surface area contributed by atoms with Gasteiger partial charge < -0.3 is 10.1 Å². The summed E-state index contributed by atoms with van der Waals surface area (Å²) in [6.07, 6.45) is -1.82. The molecule has 0 heterocycles. The Kier molecular flexibility index (Phi) is 10.2. The molecule has 128 valence electrons. The first-order valence-electron chi connectivity index (χ1n) is 7.28. The predicted octanol–water partition coefficient (Wildman–Crippen LogP) is 2.54. The van der Waals surface area contributed by atoms with Gasteiger partial charge in [-0.15, -0.1) is 0 Å². The van der Waals surface area contributed by atoms with Crippen molar-refractivity contribution in [3.8, 4) is 0 Å². The number of alkyl halides is 3. The van der Waals surface area contributed by atoms with E-state index >= 15 is 0 Å². The summed E-state index contributed by atoms with van der Waals surface area (Å²) in [6, 6.07) is -0.00904. The zero-order chi connectivity index (χ0) is 16.4. The lowest BCUT2D eigenvalue weighted by Crippen LogP contribution is -2.32. The van der Waals surface area contributed by atoms with Gasteiger partial charge in [0.25, 0.3) is 0 Å². The van der Waals surface area contributed by atoms with E-state index in [0.29, 0.717) is 19.3 Å². The average molecular weight is 333 g/mol. The van der Waals surface area contributed by atoms with Gasteiger partial charge in [-0.3, -0.25) is 0 Å².